The fourth-order valence-corrected chi connectivity index (χ4v) is 2.93. The quantitative estimate of drug-likeness (QED) is 0.791. The molecule has 0 unspecified atom stereocenters. The van der Waals surface area contributed by atoms with Crippen LogP contribution in [0.1, 0.15) is 34.6 Å². The first-order chi connectivity index (χ1) is 12.9. The van der Waals surface area contributed by atoms with Crippen LogP contribution in [-0.4, -0.2) is 36.4 Å². The van der Waals surface area contributed by atoms with Crippen LogP contribution in [0.4, 0.5) is 16.2 Å². The van der Waals surface area contributed by atoms with Crippen molar-refractivity contribution in [1.82, 2.24) is 4.90 Å². The summed E-state index contributed by atoms with van der Waals surface area (Å²) >= 11 is 0. The van der Waals surface area contributed by atoms with Gasteiger partial charge < -0.3 is 15.4 Å². The van der Waals surface area contributed by atoms with Gasteiger partial charge in [-0.05, 0) is 36.2 Å². The molecule has 7 heteroatoms. The molecule has 0 radical (unpaired) electrons. The zero-order valence-electron chi connectivity index (χ0n) is 15.4. The number of nitrogens with one attached hydrogen (secondary N) is 2. The van der Waals surface area contributed by atoms with Crippen LogP contribution in [0.2, 0.25) is 0 Å². The van der Waals surface area contributed by atoms with Crippen molar-refractivity contribution in [3.8, 4) is 5.75 Å². The number of rotatable bonds is 5. The summed E-state index contributed by atoms with van der Waals surface area (Å²) in [7, 11) is 1.52. The van der Waals surface area contributed by atoms with Crippen molar-refractivity contribution in [1.29, 1.82) is 0 Å². The van der Waals surface area contributed by atoms with E-state index < -0.39 is 6.03 Å². The molecule has 2 N–H and O–H groups in total. The number of fused-ring (bicyclic) bond motifs is 1. The number of hydrogen-bond donors (Lipinski definition) is 2. The van der Waals surface area contributed by atoms with Gasteiger partial charge in [0.15, 0.2) is 0 Å². The zero-order chi connectivity index (χ0) is 19.6. The minimum absolute atomic E-state index is 0.177. The van der Waals surface area contributed by atoms with Crippen molar-refractivity contribution in [2.75, 3.05) is 24.3 Å². The third kappa shape index (κ3) is 3.76. The molecular formula is C20H21N3O4. The Bertz CT molecular complexity index is 908. The van der Waals surface area contributed by atoms with Crippen LogP contribution < -0.4 is 15.4 Å². The molecule has 140 valence electrons. The number of hydrogen-bond acceptors (Lipinski definition) is 4. The number of amides is 4. The lowest BCUT2D eigenvalue weighted by Crippen LogP contribution is -2.33. The second-order valence-electron chi connectivity index (χ2n) is 6.65. The fraction of sp³-hybridized carbons (Fsp3) is 0.250. The number of anilines is 2. The van der Waals surface area contributed by atoms with E-state index in [9.17, 15) is 14.4 Å². The Morgan fingerprint density at radius 1 is 1.04 bits per heavy atom. The Balaban J connectivity index is 1.75. The lowest BCUT2D eigenvalue weighted by Gasteiger charge is -2.15. The van der Waals surface area contributed by atoms with Crippen LogP contribution in [0.3, 0.4) is 0 Å². The third-order valence-electron chi connectivity index (χ3n) is 4.13. The summed E-state index contributed by atoms with van der Waals surface area (Å²) in [5.74, 6) is 0.0781. The monoisotopic (exact) mass is 367 g/mol. The minimum Gasteiger partial charge on any atom is -0.495 e. The highest BCUT2D eigenvalue weighted by Crippen LogP contribution is 2.27. The van der Waals surface area contributed by atoms with E-state index in [4.69, 9.17) is 4.74 Å². The summed E-state index contributed by atoms with van der Waals surface area (Å²) in [6, 6.07) is 11.2. The number of urea groups is 1. The topological polar surface area (TPSA) is 87.7 Å². The first-order valence-electron chi connectivity index (χ1n) is 8.62. The Kier molecular flexibility index (Phi) is 5.12. The Morgan fingerprint density at radius 2 is 1.74 bits per heavy atom. The molecule has 0 fully saturated rings. The minimum atomic E-state index is -0.477. The van der Waals surface area contributed by atoms with Crippen molar-refractivity contribution in [2.45, 2.75) is 13.8 Å². The van der Waals surface area contributed by atoms with E-state index in [1.165, 1.54) is 18.1 Å². The van der Waals surface area contributed by atoms with Gasteiger partial charge in [0, 0.05) is 12.2 Å². The van der Waals surface area contributed by atoms with Gasteiger partial charge in [-0.25, -0.2) is 4.79 Å². The van der Waals surface area contributed by atoms with Crippen LogP contribution in [0.5, 0.6) is 5.75 Å². The SMILES string of the molecule is COc1ccccc1NC(=O)Nc1ccc2c(c1)C(=O)N(CC(C)C)C2=O. The van der Waals surface area contributed by atoms with E-state index in [1.54, 1.807) is 36.4 Å². The van der Waals surface area contributed by atoms with Gasteiger partial charge in [-0.3, -0.25) is 14.5 Å². The van der Waals surface area contributed by atoms with Gasteiger partial charge in [0.1, 0.15) is 5.75 Å². The summed E-state index contributed by atoms with van der Waals surface area (Å²) in [4.78, 5) is 38.4. The molecule has 0 saturated carbocycles. The maximum atomic E-state index is 12.5. The van der Waals surface area contributed by atoms with Crippen molar-refractivity contribution in [2.24, 2.45) is 5.92 Å². The van der Waals surface area contributed by atoms with Crippen molar-refractivity contribution >= 4 is 29.2 Å². The molecule has 1 aliphatic heterocycles. The van der Waals surface area contributed by atoms with E-state index >= 15 is 0 Å². The number of carbonyl (C=O) groups excluding carboxylic acids is 3. The summed E-state index contributed by atoms with van der Waals surface area (Å²) < 4.78 is 5.20. The van der Waals surface area contributed by atoms with E-state index in [0.29, 0.717) is 34.8 Å². The zero-order valence-corrected chi connectivity index (χ0v) is 15.4. The Morgan fingerprint density at radius 3 is 2.44 bits per heavy atom. The smallest absolute Gasteiger partial charge is 0.323 e. The second kappa shape index (κ2) is 7.49. The third-order valence-corrected chi connectivity index (χ3v) is 4.13. The van der Waals surface area contributed by atoms with Crippen molar-refractivity contribution in [3.63, 3.8) is 0 Å². The molecule has 2 aromatic rings. The van der Waals surface area contributed by atoms with Gasteiger partial charge in [0.25, 0.3) is 11.8 Å². The van der Waals surface area contributed by atoms with Gasteiger partial charge in [0.05, 0.1) is 23.9 Å². The summed E-state index contributed by atoms with van der Waals surface area (Å²) in [6.07, 6.45) is 0. The maximum absolute atomic E-state index is 12.5. The average Bonchev–Trinajstić information content (AvgIpc) is 2.86. The molecule has 0 aromatic heterocycles. The number of imide groups is 1. The fourth-order valence-electron chi connectivity index (χ4n) is 2.93. The number of ether oxygens (including phenoxy) is 1. The molecule has 0 bridgehead atoms. The molecule has 1 heterocycles. The number of nitrogens with zero attached hydrogens (tertiary/aromatic N) is 1. The van der Waals surface area contributed by atoms with E-state index in [0.717, 1.165) is 0 Å². The van der Waals surface area contributed by atoms with E-state index in [-0.39, 0.29) is 17.7 Å². The summed E-state index contributed by atoms with van der Waals surface area (Å²) in [5.41, 5.74) is 1.61. The number of benzene rings is 2. The normalized spacial score (nSPS) is 13.0. The predicted molar refractivity (Wildman–Crippen MR) is 102 cm³/mol. The van der Waals surface area contributed by atoms with Crippen molar-refractivity contribution < 1.29 is 19.1 Å². The van der Waals surface area contributed by atoms with Crippen molar-refractivity contribution in [3.05, 3.63) is 53.6 Å². The summed E-state index contributed by atoms with van der Waals surface area (Å²) in [6.45, 7) is 4.25. The van der Waals surface area contributed by atoms with Gasteiger partial charge in [-0.15, -0.1) is 0 Å². The van der Waals surface area contributed by atoms with Gasteiger partial charge in [-0.2, -0.15) is 0 Å². The molecule has 0 aliphatic carbocycles. The summed E-state index contributed by atoms with van der Waals surface area (Å²) in [5, 5.41) is 5.37. The number of para-hydroxylation sites is 2. The highest BCUT2D eigenvalue weighted by atomic mass is 16.5. The van der Waals surface area contributed by atoms with Crippen LogP contribution >= 0.6 is 0 Å². The molecule has 1 aliphatic rings. The first kappa shape index (κ1) is 18.4. The highest BCUT2D eigenvalue weighted by Gasteiger charge is 2.35. The first-order valence-corrected chi connectivity index (χ1v) is 8.62. The molecule has 27 heavy (non-hydrogen) atoms. The highest BCUT2D eigenvalue weighted by molar-refractivity contribution is 6.22. The molecule has 3 rings (SSSR count). The van der Waals surface area contributed by atoms with Crippen LogP contribution in [-0.2, 0) is 0 Å². The van der Waals surface area contributed by atoms with Crippen LogP contribution in [0, 0.1) is 5.92 Å². The van der Waals surface area contributed by atoms with E-state index in [1.807, 2.05) is 13.8 Å². The standard InChI is InChI=1S/C20H21N3O4/c1-12(2)11-23-18(24)14-9-8-13(10-15(14)19(23)25)21-20(26)22-16-6-4-5-7-17(16)27-3/h4-10,12H,11H2,1-3H3,(H2,21,22,26). The van der Waals surface area contributed by atoms with Gasteiger partial charge in [0.2, 0.25) is 0 Å². The molecule has 0 saturated heterocycles. The Labute approximate surface area is 157 Å². The molecule has 0 spiro atoms. The molecule has 0 atom stereocenters. The predicted octanol–water partition coefficient (Wildman–Crippen LogP) is 3.59. The van der Waals surface area contributed by atoms with E-state index in [2.05, 4.69) is 10.6 Å². The number of methoxy groups -OCH3 is 1. The van der Waals surface area contributed by atoms with Crippen LogP contribution in [0.25, 0.3) is 0 Å². The molecular weight excluding hydrogens is 346 g/mol. The van der Waals surface area contributed by atoms with Gasteiger partial charge >= 0.3 is 6.03 Å². The van der Waals surface area contributed by atoms with Gasteiger partial charge in [-0.1, -0.05) is 26.0 Å². The number of carbonyl (C=O) groups is 3. The lowest BCUT2D eigenvalue weighted by atomic mass is 10.1. The Hall–Kier alpha value is -3.35. The lowest BCUT2D eigenvalue weighted by molar-refractivity contribution is 0.0636. The van der Waals surface area contributed by atoms with Crippen LogP contribution in [0.15, 0.2) is 42.5 Å². The molecule has 7 nitrogen and oxygen atoms in total. The molecule has 2 aromatic carbocycles. The largest absolute Gasteiger partial charge is 0.495 e. The molecule has 4 amide bonds. The average molecular weight is 367 g/mol. The second-order valence-corrected chi connectivity index (χ2v) is 6.65. The maximum Gasteiger partial charge on any atom is 0.323 e.